The molecule has 0 unspecified atom stereocenters. The maximum Gasteiger partial charge on any atom is 0.169 e. The Kier molecular flexibility index (Phi) is 8.28. The lowest BCUT2D eigenvalue weighted by atomic mass is 9.96. The fourth-order valence-corrected chi connectivity index (χ4v) is 4.34. The van der Waals surface area contributed by atoms with E-state index < -0.39 is 5.82 Å². The molecule has 1 aliphatic rings. The average molecular weight is 452 g/mol. The maximum absolute atomic E-state index is 15.2. The molecule has 176 valence electrons. The molecule has 33 heavy (non-hydrogen) atoms. The van der Waals surface area contributed by atoms with Crippen LogP contribution in [0.15, 0.2) is 48.3 Å². The van der Waals surface area contributed by atoms with Crippen LogP contribution >= 0.6 is 0 Å². The minimum absolute atomic E-state index is 0.0353. The lowest BCUT2D eigenvalue weighted by Gasteiger charge is -2.25. The summed E-state index contributed by atoms with van der Waals surface area (Å²) >= 11 is 0. The van der Waals surface area contributed by atoms with E-state index in [2.05, 4.69) is 4.90 Å². The number of hydrogen-bond acceptors (Lipinski definition) is 5. The van der Waals surface area contributed by atoms with Crippen LogP contribution in [-0.2, 0) is 6.42 Å². The van der Waals surface area contributed by atoms with Gasteiger partial charge in [0.2, 0.25) is 0 Å². The van der Waals surface area contributed by atoms with E-state index >= 15 is 4.39 Å². The van der Waals surface area contributed by atoms with Crippen molar-refractivity contribution in [3.63, 3.8) is 0 Å². The van der Waals surface area contributed by atoms with Gasteiger partial charge in [-0.1, -0.05) is 37.1 Å². The quantitative estimate of drug-likeness (QED) is 0.322. The highest BCUT2D eigenvalue weighted by molar-refractivity contribution is 5.80. The van der Waals surface area contributed by atoms with Crippen molar-refractivity contribution in [3.8, 4) is 5.75 Å². The van der Waals surface area contributed by atoms with Gasteiger partial charge in [-0.25, -0.2) is 4.39 Å². The molecule has 1 saturated carbocycles. The van der Waals surface area contributed by atoms with Crippen LogP contribution in [0.3, 0.4) is 0 Å². The molecule has 0 aliphatic heterocycles. The van der Waals surface area contributed by atoms with E-state index in [4.69, 9.17) is 16.2 Å². The van der Waals surface area contributed by atoms with Crippen LogP contribution < -0.4 is 16.2 Å². The van der Waals surface area contributed by atoms with Crippen LogP contribution in [0, 0.1) is 12.7 Å². The van der Waals surface area contributed by atoms with Crippen LogP contribution in [0.2, 0.25) is 0 Å². The number of carbonyl (C=O) groups excluding carboxylic acids is 1. The molecule has 2 aromatic rings. The summed E-state index contributed by atoms with van der Waals surface area (Å²) in [6, 6.07) is 10.0. The molecule has 3 rings (SSSR count). The molecule has 0 atom stereocenters. The van der Waals surface area contributed by atoms with Crippen molar-refractivity contribution >= 4 is 11.9 Å². The number of aldehydes is 1. The van der Waals surface area contributed by atoms with Crippen LogP contribution in [-0.4, -0.2) is 31.0 Å². The van der Waals surface area contributed by atoms with E-state index in [1.807, 2.05) is 37.4 Å². The normalized spacial score (nSPS) is 15.3. The van der Waals surface area contributed by atoms with Crippen molar-refractivity contribution in [2.45, 2.75) is 52.0 Å². The smallest absolute Gasteiger partial charge is 0.169 e. The highest BCUT2D eigenvalue weighted by Gasteiger charge is 2.22. The van der Waals surface area contributed by atoms with Gasteiger partial charge in [-0.05, 0) is 80.1 Å². The minimum Gasteiger partial charge on any atom is -0.474 e. The fourth-order valence-electron chi connectivity index (χ4n) is 4.34. The van der Waals surface area contributed by atoms with Gasteiger partial charge < -0.3 is 16.2 Å². The molecule has 0 amide bonds. The Bertz CT molecular complexity index is 1030. The first kappa shape index (κ1) is 24.5. The number of carbonyl (C=O) groups is 1. The predicted molar refractivity (Wildman–Crippen MR) is 131 cm³/mol. The summed E-state index contributed by atoms with van der Waals surface area (Å²) in [4.78, 5) is 13.8. The number of benzene rings is 2. The minimum atomic E-state index is -0.469. The molecule has 0 saturated heterocycles. The van der Waals surface area contributed by atoms with E-state index in [0.717, 1.165) is 35.1 Å². The average Bonchev–Trinajstić information content (AvgIpc) is 3.35. The van der Waals surface area contributed by atoms with Gasteiger partial charge in [0, 0.05) is 17.9 Å². The lowest BCUT2D eigenvalue weighted by Crippen LogP contribution is -2.33. The second-order valence-corrected chi connectivity index (χ2v) is 8.86. The predicted octanol–water partition coefficient (Wildman–Crippen LogP) is 4.91. The molecule has 0 heterocycles. The van der Waals surface area contributed by atoms with Gasteiger partial charge in [0.1, 0.15) is 6.73 Å². The van der Waals surface area contributed by atoms with E-state index in [1.54, 1.807) is 19.9 Å². The van der Waals surface area contributed by atoms with Crippen molar-refractivity contribution in [1.29, 1.82) is 0 Å². The number of nitrogens with two attached hydrogens (primary N) is 2. The maximum atomic E-state index is 15.2. The third-order valence-electron chi connectivity index (χ3n) is 6.33. The van der Waals surface area contributed by atoms with Crippen molar-refractivity contribution in [1.82, 2.24) is 4.90 Å². The summed E-state index contributed by atoms with van der Waals surface area (Å²) in [6.45, 7) is 3.79. The molecule has 0 spiro atoms. The van der Waals surface area contributed by atoms with E-state index in [9.17, 15) is 4.79 Å². The summed E-state index contributed by atoms with van der Waals surface area (Å²) in [7, 11) is 1.98. The van der Waals surface area contributed by atoms with Crippen LogP contribution in [0.4, 0.5) is 4.39 Å². The molecule has 5 nitrogen and oxygen atoms in total. The first-order valence-corrected chi connectivity index (χ1v) is 11.4. The van der Waals surface area contributed by atoms with E-state index in [1.165, 1.54) is 19.0 Å². The largest absolute Gasteiger partial charge is 0.474 e. The molecular formula is C27H34FN3O2. The Morgan fingerprint density at radius 3 is 2.48 bits per heavy atom. The number of allylic oxidation sites excluding steroid dienone is 3. The molecule has 0 radical (unpaired) electrons. The van der Waals surface area contributed by atoms with E-state index in [-0.39, 0.29) is 18.0 Å². The van der Waals surface area contributed by atoms with Crippen molar-refractivity contribution in [2.24, 2.45) is 11.5 Å². The molecule has 0 bridgehead atoms. The summed E-state index contributed by atoms with van der Waals surface area (Å²) in [5.74, 6) is -0.434. The van der Waals surface area contributed by atoms with E-state index in [0.29, 0.717) is 30.0 Å². The number of ether oxygens (including phenoxy) is 1. The van der Waals surface area contributed by atoms with Gasteiger partial charge in [-0.3, -0.25) is 9.69 Å². The van der Waals surface area contributed by atoms with Crippen molar-refractivity contribution in [2.75, 3.05) is 13.8 Å². The third-order valence-corrected chi connectivity index (χ3v) is 6.33. The zero-order valence-corrected chi connectivity index (χ0v) is 19.7. The first-order chi connectivity index (χ1) is 15.8. The Labute approximate surface area is 195 Å². The molecular weight excluding hydrogens is 417 g/mol. The molecule has 1 aliphatic carbocycles. The zero-order chi connectivity index (χ0) is 24.0. The second kappa shape index (κ2) is 11.1. The summed E-state index contributed by atoms with van der Waals surface area (Å²) in [5.41, 5.74) is 16.4. The zero-order valence-electron chi connectivity index (χ0n) is 19.7. The topological polar surface area (TPSA) is 81.6 Å². The van der Waals surface area contributed by atoms with Crippen molar-refractivity contribution < 1.29 is 13.9 Å². The fraction of sp³-hybridized carbons (Fsp3) is 0.370. The SMILES string of the molecule is C/C(N)=C/C(=C\N)c1ccc(Cc2cc(C=O)c(OCN(C)C3CCCC3)c(F)c2C)cc1. The van der Waals surface area contributed by atoms with Crippen LogP contribution in [0.5, 0.6) is 5.75 Å². The molecule has 2 aromatic carbocycles. The molecule has 4 N–H and O–H groups in total. The van der Waals surface area contributed by atoms with Crippen LogP contribution in [0.1, 0.15) is 65.2 Å². The highest BCUT2D eigenvalue weighted by atomic mass is 19.1. The lowest BCUT2D eigenvalue weighted by molar-refractivity contribution is 0.104. The van der Waals surface area contributed by atoms with Gasteiger partial charge in [-0.15, -0.1) is 0 Å². The van der Waals surface area contributed by atoms with Crippen molar-refractivity contribution in [3.05, 3.63) is 81.9 Å². The first-order valence-electron chi connectivity index (χ1n) is 11.4. The molecule has 0 aromatic heterocycles. The Balaban J connectivity index is 1.78. The standard InChI is InChI=1S/C27H34FN3O2/c1-18(30)12-23(15-29)21-10-8-20(9-11-21)13-22-14-24(16-32)27(26(28)19(22)2)33-17-31(3)25-6-4-5-7-25/h8-12,14-16,25H,4-7,13,17,29-30H2,1-3H3/b18-12-,23-15+. The highest BCUT2D eigenvalue weighted by Crippen LogP contribution is 2.30. The van der Waals surface area contributed by atoms with Crippen LogP contribution in [0.25, 0.3) is 5.57 Å². The second-order valence-electron chi connectivity index (χ2n) is 8.86. The monoisotopic (exact) mass is 451 g/mol. The Hall–Kier alpha value is -3.12. The van der Waals surface area contributed by atoms with Gasteiger partial charge >= 0.3 is 0 Å². The summed E-state index contributed by atoms with van der Waals surface area (Å²) in [6.07, 6.45) is 9.18. The summed E-state index contributed by atoms with van der Waals surface area (Å²) in [5, 5.41) is 0. The number of halogens is 1. The number of rotatable bonds is 9. The number of hydrogen-bond donors (Lipinski definition) is 2. The number of nitrogens with zero attached hydrogens (tertiary/aromatic N) is 1. The van der Waals surface area contributed by atoms with Gasteiger partial charge in [0.05, 0.1) is 5.56 Å². The Morgan fingerprint density at radius 1 is 1.24 bits per heavy atom. The van der Waals surface area contributed by atoms with Gasteiger partial charge in [0.25, 0.3) is 0 Å². The third kappa shape index (κ3) is 6.02. The Morgan fingerprint density at radius 2 is 1.91 bits per heavy atom. The molecule has 1 fully saturated rings. The summed E-state index contributed by atoms with van der Waals surface area (Å²) < 4.78 is 21.0. The van der Waals surface area contributed by atoms with Gasteiger partial charge in [-0.2, -0.15) is 0 Å². The van der Waals surface area contributed by atoms with Gasteiger partial charge in [0.15, 0.2) is 17.9 Å². The molecule has 6 heteroatoms.